The second-order valence-corrected chi connectivity index (χ2v) is 4.13. The van der Waals surface area contributed by atoms with Crippen molar-refractivity contribution in [1.82, 2.24) is 9.97 Å². The molecule has 6 nitrogen and oxygen atoms in total. The molecule has 0 bridgehead atoms. The Kier molecular flexibility index (Phi) is 7.84. The number of unbranched alkanes of at least 4 members (excludes halogenated alkanes) is 1. The van der Waals surface area contributed by atoms with E-state index >= 15 is 0 Å². The van der Waals surface area contributed by atoms with Gasteiger partial charge in [0.05, 0.1) is 6.61 Å². The maximum Gasteiger partial charge on any atom is 0.158 e. The zero-order valence-corrected chi connectivity index (χ0v) is 12.0. The molecule has 2 N–H and O–H groups in total. The highest BCUT2D eigenvalue weighted by Crippen LogP contribution is 2.11. The zero-order valence-electron chi connectivity index (χ0n) is 12.0. The third-order valence-corrected chi connectivity index (χ3v) is 2.50. The molecule has 0 aliphatic carbocycles. The lowest BCUT2D eigenvalue weighted by Gasteiger charge is -2.09. The second kappa shape index (κ2) is 9.52. The van der Waals surface area contributed by atoms with Crippen molar-refractivity contribution in [3.8, 4) is 0 Å². The number of rotatable bonds is 10. The van der Waals surface area contributed by atoms with Gasteiger partial charge >= 0.3 is 0 Å². The molecular formula is C13H24N4O2. The molecule has 0 saturated heterocycles. The van der Waals surface area contributed by atoms with Gasteiger partial charge in [0.15, 0.2) is 5.82 Å². The normalized spacial score (nSPS) is 10.5. The molecule has 0 radical (unpaired) electrons. The molecule has 0 amide bonds. The third kappa shape index (κ3) is 6.35. The zero-order chi connectivity index (χ0) is 13.9. The van der Waals surface area contributed by atoms with E-state index in [0.29, 0.717) is 19.0 Å². The lowest BCUT2D eigenvalue weighted by atomic mass is 10.4. The average molecular weight is 268 g/mol. The van der Waals surface area contributed by atoms with Gasteiger partial charge in [0.1, 0.15) is 18.2 Å². The molecule has 108 valence electrons. The van der Waals surface area contributed by atoms with Crippen molar-refractivity contribution in [2.45, 2.75) is 26.4 Å². The highest BCUT2D eigenvalue weighted by Gasteiger charge is 2.03. The molecule has 1 aromatic heterocycles. The molecule has 0 aromatic carbocycles. The van der Waals surface area contributed by atoms with Gasteiger partial charge in [0.25, 0.3) is 0 Å². The van der Waals surface area contributed by atoms with Crippen LogP contribution in [0.2, 0.25) is 0 Å². The summed E-state index contributed by atoms with van der Waals surface area (Å²) in [4.78, 5) is 8.65. The van der Waals surface area contributed by atoms with E-state index in [4.69, 9.17) is 9.47 Å². The molecule has 0 spiro atoms. The molecule has 0 saturated carbocycles. The van der Waals surface area contributed by atoms with Gasteiger partial charge in [-0.3, -0.25) is 0 Å². The number of anilines is 2. The minimum Gasteiger partial charge on any atom is -0.380 e. The number of methoxy groups -OCH3 is 1. The Labute approximate surface area is 114 Å². The molecule has 1 rings (SSSR count). The van der Waals surface area contributed by atoms with Crippen LogP contribution < -0.4 is 10.6 Å². The standard InChI is InChI=1S/C13H24N4O2/c1-4-5-7-19-8-6-15-12-9-11(14-2)16-13(17-12)10-18-3/h9H,4-8,10H2,1-3H3,(H2,14,15,16,17). The number of nitrogens with zero attached hydrogens (tertiary/aromatic N) is 2. The van der Waals surface area contributed by atoms with Crippen LogP contribution in [0.1, 0.15) is 25.6 Å². The van der Waals surface area contributed by atoms with E-state index in [1.165, 1.54) is 0 Å². The highest BCUT2D eigenvalue weighted by atomic mass is 16.5. The molecule has 0 aliphatic rings. The topological polar surface area (TPSA) is 68.3 Å². The van der Waals surface area contributed by atoms with Gasteiger partial charge < -0.3 is 20.1 Å². The molecule has 1 aromatic rings. The fraction of sp³-hybridized carbons (Fsp3) is 0.692. The summed E-state index contributed by atoms with van der Waals surface area (Å²) < 4.78 is 10.5. The summed E-state index contributed by atoms with van der Waals surface area (Å²) in [6, 6.07) is 1.87. The third-order valence-electron chi connectivity index (χ3n) is 2.50. The fourth-order valence-electron chi connectivity index (χ4n) is 1.51. The summed E-state index contributed by atoms with van der Waals surface area (Å²) in [6.45, 7) is 4.78. The van der Waals surface area contributed by atoms with Crippen molar-refractivity contribution in [1.29, 1.82) is 0 Å². The Morgan fingerprint density at radius 2 is 2.00 bits per heavy atom. The van der Waals surface area contributed by atoms with Gasteiger partial charge in [-0.25, -0.2) is 9.97 Å². The molecule has 0 unspecified atom stereocenters. The Balaban J connectivity index is 2.41. The van der Waals surface area contributed by atoms with Crippen LogP contribution in [-0.4, -0.2) is 43.9 Å². The van der Waals surface area contributed by atoms with Crippen LogP contribution in [0.5, 0.6) is 0 Å². The summed E-state index contributed by atoms with van der Waals surface area (Å²) in [6.07, 6.45) is 2.26. The number of hydrogen-bond acceptors (Lipinski definition) is 6. The quantitative estimate of drug-likeness (QED) is 0.632. The van der Waals surface area contributed by atoms with E-state index in [1.807, 2.05) is 13.1 Å². The lowest BCUT2D eigenvalue weighted by molar-refractivity contribution is 0.141. The Morgan fingerprint density at radius 3 is 2.68 bits per heavy atom. The van der Waals surface area contributed by atoms with Crippen LogP contribution in [0.4, 0.5) is 11.6 Å². The largest absolute Gasteiger partial charge is 0.380 e. The van der Waals surface area contributed by atoms with Crippen molar-refractivity contribution in [3.63, 3.8) is 0 Å². The maximum absolute atomic E-state index is 5.48. The van der Waals surface area contributed by atoms with Crippen molar-refractivity contribution < 1.29 is 9.47 Å². The molecule has 19 heavy (non-hydrogen) atoms. The maximum atomic E-state index is 5.48. The van der Waals surface area contributed by atoms with E-state index < -0.39 is 0 Å². The molecular weight excluding hydrogens is 244 g/mol. The number of aromatic nitrogens is 2. The lowest BCUT2D eigenvalue weighted by Crippen LogP contribution is -2.12. The number of hydrogen-bond donors (Lipinski definition) is 2. The SMILES string of the molecule is CCCCOCCNc1cc(NC)nc(COC)n1. The van der Waals surface area contributed by atoms with Gasteiger partial charge in [-0.2, -0.15) is 0 Å². The number of nitrogens with one attached hydrogen (secondary N) is 2. The summed E-state index contributed by atoms with van der Waals surface area (Å²) in [7, 11) is 3.46. The first kappa shape index (κ1) is 15.7. The van der Waals surface area contributed by atoms with Crippen LogP contribution in [0.25, 0.3) is 0 Å². The minimum atomic E-state index is 0.400. The smallest absolute Gasteiger partial charge is 0.158 e. The first-order chi connectivity index (χ1) is 9.30. The Morgan fingerprint density at radius 1 is 1.21 bits per heavy atom. The van der Waals surface area contributed by atoms with Crippen molar-refractivity contribution >= 4 is 11.6 Å². The van der Waals surface area contributed by atoms with Gasteiger partial charge in [-0.15, -0.1) is 0 Å². The van der Waals surface area contributed by atoms with E-state index in [-0.39, 0.29) is 0 Å². The summed E-state index contributed by atoms with van der Waals surface area (Å²) in [5.74, 6) is 2.21. The molecule has 6 heteroatoms. The van der Waals surface area contributed by atoms with E-state index in [1.54, 1.807) is 7.11 Å². The van der Waals surface area contributed by atoms with Crippen LogP contribution in [0, 0.1) is 0 Å². The van der Waals surface area contributed by atoms with Crippen LogP contribution >= 0.6 is 0 Å². The van der Waals surface area contributed by atoms with Crippen molar-refractivity contribution in [2.24, 2.45) is 0 Å². The van der Waals surface area contributed by atoms with Crippen LogP contribution in [-0.2, 0) is 16.1 Å². The Hall–Kier alpha value is -1.40. The van der Waals surface area contributed by atoms with Crippen molar-refractivity contribution in [2.75, 3.05) is 44.5 Å². The van der Waals surface area contributed by atoms with Gasteiger partial charge in [-0.1, -0.05) is 13.3 Å². The van der Waals surface area contributed by atoms with E-state index in [0.717, 1.165) is 37.6 Å². The average Bonchev–Trinajstić information content (AvgIpc) is 2.43. The molecule has 0 fully saturated rings. The van der Waals surface area contributed by atoms with E-state index in [9.17, 15) is 0 Å². The predicted molar refractivity (Wildman–Crippen MR) is 76.5 cm³/mol. The van der Waals surface area contributed by atoms with Crippen molar-refractivity contribution in [3.05, 3.63) is 11.9 Å². The molecule has 0 aliphatic heterocycles. The fourth-order valence-corrected chi connectivity index (χ4v) is 1.51. The van der Waals surface area contributed by atoms with Gasteiger partial charge in [0.2, 0.25) is 0 Å². The van der Waals surface area contributed by atoms with Gasteiger partial charge in [-0.05, 0) is 6.42 Å². The van der Waals surface area contributed by atoms with Crippen LogP contribution in [0.3, 0.4) is 0 Å². The summed E-state index contributed by atoms with van der Waals surface area (Å²) in [5.41, 5.74) is 0. The highest BCUT2D eigenvalue weighted by molar-refractivity contribution is 5.47. The molecule has 0 atom stereocenters. The summed E-state index contributed by atoms with van der Waals surface area (Å²) >= 11 is 0. The monoisotopic (exact) mass is 268 g/mol. The first-order valence-corrected chi connectivity index (χ1v) is 6.66. The van der Waals surface area contributed by atoms with Gasteiger partial charge in [0, 0.05) is 33.4 Å². The van der Waals surface area contributed by atoms with Crippen LogP contribution in [0.15, 0.2) is 6.07 Å². The number of ether oxygens (including phenoxy) is 2. The minimum absolute atomic E-state index is 0.400. The summed E-state index contributed by atoms with van der Waals surface area (Å²) in [5, 5.41) is 6.23. The second-order valence-electron chi connectivity index (χ2n) is 4.13. The predicted octanol–water partition coefficient (Wildman–Crippen LogP) is 1.89. The van der Waals surface area contributed by atoms with E-state index in [2.05, 4.69) is 27.5 Å². The molecule has 1 heterocycles. The first-order valence-electron chi connectivity index (χ1n) is 6.66. The Bertz CT molecular complexity index is 360.